The van der Waals surface area contributed by atoms with Gasteiger partial charge in [0.15, 0.2) is 0 Å². The lowest BCUT2D eigenvalue weighted by atomic mass is 10.1. The molecule has 2 aromatic carbocycles. The van der Waals surface area contributed by atoms with Crippen LogP contribution in [0, 0.1) is 6.92 Å². The highest BCUT2D eigenvalue weighted by atomic mass is 19.4. The summed E-state index contributed by atoms with van der Waals surface area (Å²) in [6, 6.07) is 12.8. The molecule has 1 aromatic heterocycles. The summed E-state index contributed by atoms with van der Waals surface area (Å²) in [6.45, 7) is 4.16. The Hall–Kier alpha value is -3.30. The van der Waals surface area contributed by atoms with Crippen LogP contribution in [0.5, 0.6) is 11.5 Å². The van der Waals surface area contributed by atoms with E-state index < -0.39 is 6.36 Å². The maximum Gasteiger partial charge on any atom is 0.573 e. The second-order valence-corrected chi connectivity index (χ2v) is 6.66. The van der Waals surface area contributed by atoms with Gasteiger partial charge in [-0.2, -0.15) is 0 Å². The summed E-state index contributed by atoms with van der Waals surface area (Å²) in [6.07, 6.45) is -2.90. The highest BCUT2D eigenvalue weighted by Crippen LogP contribution is 2.28. The summed E-state index contributed by atoms with van der Waals surface area (Å²) in [7, 11) is 0. The van der Waals surface area contributed by atoms with Gasteiger partial charge in [0.2, 0.25) is 5.89 Å². The molecule has 0 aliphatic rings. The number of halogens is 3. The topological polar surface area (TPSA) is 76.8 Å². The first-order valence-corrected chi connectivity index (χ1v) is 9.34. The molecule has 0 saturated carbocycles. The van der Waals surface area contributed by atoms with E-state index >= 15 is 0 Å². The molecule has 0 aliphatic heterocycles. The highest BCUT2D eigenvalue weighted by Gasteiger charge is 2.31. The Kier molecular flexibility index (Phi) is 6.98. The molecule has 0 radical (unpaired) electrons. The van der Waals surface area contributed by atoms with E-state index in [0.29, 0.717) is 29.3 Å². The van der Waals surface area contributed by atoms with Gasteiger partial charge in [-0.25, -0.2) is 10.5 Å². The van der Waals surface area contributed by atoms with Crippen LogP contribution in [-0.4, -0.2) is 23.1 Å². The number of rotatable bonds is 8. The molecule has 0 atom stereocenters. The van der Waals surface area contributed by atoms with Gasteiger partial charge in [0.25, 0.3) is 0 Å². The average molecular weight is 434 g/mol. The van der Waals surface area contributed by atoms with Gasteiger partial charge in [-0.1, -0.05) is 18.2 Å². The molecule has 0 saturated heterocycles. The zero-order chi connectivity index (χ0) is 22.4. The van der Waals surface area contributed by atoms with Crippen LogP contribution in [0.25, 0.3) is 17.0 Å². The molecule has 1 heterocycles. The van der Waals surface area contributed by atoms with Crippen LogP contribution in [0.1, 0.15) is 23.9 Å². The number of ether oxygens (including phenoxy) is 2. The van der Waals surface area contributed by atoms with E-state index in [1.54, 1.807) is 6.92 Å². The molecule has 2 N–H and O–H groups in total. The lowest BCUT2D eigenvalue weighted by Crippen LogP contribution is -2.16. The maximum absolute atomic E-state index is 12.3. The van der Waals surface area contributed by atoms with Crippen molar-refractivity contribution in [3.63, 3.8) is 0 Å². The van der Waals surface area contributed by atoms with E-state index in [0.717, 1.165) is 11.1 Å². The molecular weight excluding hydrogens is 413 g/mol. The van der Waals surface area contributed by atoms with Crippen LogP contribution < -0.4 is 15.0 Å². The molecule has 9 heteroatoms. The standard InChI is InChI=1S/C22H21F3N2O4/c1-14(10-11-26-28)17-4-3-5-19(12-17)29-13-20-15(2)30-21(27-20)16-6-8-18(9-7-16)31-22(23,24)25/h3-10,12,26,28H,11,13H2,1-2H3/b14-10+. The summed E-state index contributed by atoms with van der Waals surface area (Å²) in [5.74, 6) is 1.15. The first-order chi connectivity index (χ1) is 14.7. The zero-order valence-electron chi connectivity index (χ0n) is 16.9. The smallest absolute Gasteiger partial charge is 0.487 e. The minimum absolute atomic E-state index is 0.162. The summed E-state index contributed by atoms with van der Waals surface area (Å²) in [5.41, 5.74) is 5.10. The van der Waals surface area contributed by atoms with Crippen molar-refractivity contribution in [2.45, 2.75) is 26.8 Å². The molecule has 0 unspecified atom stereocenters. The Morgan fingerprint density at radius 2 is 1.90 bits per heavy atom. The molecule has 0 aliphatic carbocycles. The lowest BCUT2D eigenvalue weighted by molar-refractivity contribution is -0.274. The second-order valence-electron chi connectivity index (χ2n) is 6.66. The van der Waals surface area contributed by atoms with Crippen LogP contribution in [0.3, 0.4) is 0 Å². The van der Waals surface area contributed by atoms with Crippen LogP contribution in [0.4, 0.5) is 13.2 Å². The zero-order valence-corrected chi connectivity index (χ0v) is 16.9. The van der Waals surface area contributed by atoms with Gasteiger partial charge in [-0.15, -0.1) is 13.2 Å². The third-order valence-corrected chi connectivity index (χ3v) is 4.39. The summed E-state index contributed by atoms with van der Waals surface area (Å²) in [4.78, 5) is 4.40. The van der Waals surface area contributed by atoms with E-state index in [9.17, 15) is 13.2 Å². The van der Waals surface area contributed by atoms with Gasteiger partial charge < -0.3 is 19.1 Å². The van der Waals surface area contributed by atoms with E-state index in [1.165, 1.54) is 24.3 Å². The minimum atomic E-state index is -4.74. The second kappa shape index (κ2) is 9.67. The van der Waals surface area contributed by atoms with E-state index in [1.807, 2.05) is 37.3 Å². The van der Waals surface area contributed by atoms with Crippen molar-refractivity contribution in [2.24, 2.45) is 0 Å². The number of oxazole rings is 1. The maximum atomic E-state index is 12.3. The number of hydroxylamine groups is 1. The predicted molar refractivity (Wildman–Crippen MR) is 108 cm³/mol. The van der Waals surface area contributed by atoms with E-state index in [4.69, 9.17) is 14.4 Å². The SMILES string of the molecule is C/C(=C\CNO)c1cccc(OCc2nc(-c3ccc(OC(F)(F)F)cc3)oc2C)c1. The molecule has 0 spiro atoms. The minimum Gasteiger partial charge on any atom is -0.487 e. The predicted octanol–water partition coefficient (Wildman–Crippen LogP) is 5.51. The van der Waals surface area contributed by atoms with Gasteiger partial charge in [-0.05, 0) is 61.4 Å². The first kappa shape index (κ1) is 22.4. The number of alkyl halides is 3. The van der Waals surface area contributed by atoms with Crippen molar-refractivity contribution in [1.29, 1.82) is 0 Å². The Morgan fingerprint density at radius 3 is 2.58 bits per heavy atom. The molecule has 164 valence electrons. The number of aryl methyl sites for hydroxylation is 1. The number of allylic oxidation sites excluding steroid dienone is 1. The van der Waals surface area contributed by atoms with Crippen LogP contribution in [0.15, 0.2) is 59.0 Å². The van der Waals surface area contributed by atoms with Gasteiger partial charge >= 0.3 is 6.36 Å². The third-order valence-electron chi connectivity index (χ3n) is 4.39. The quantitative estimate of drug-likeness (QED) is 0.456. The monoisotopic (exact) mass is 434 g/mol. The van der Waals surface area contributed by atoms with Crippen LogP contribution >= 0.6 is 0 Å². The summed E-state index contributed by atoms with van der Waals surface area (Å²) < 4.78 is 52.2. The molecule has 3 rings (SSSR count). The van der Waals surface area contributed by atoms with Crippen molar-refractivity contribution in [2.75, 3.05) is 6.54 Å². The fourth-order valence-electron chi connectivity index (χ4n) is 2.78. The highest BCUT2D eigenvalue weighted by molar-refractivity contribution is 5.65. The Bertz CT molecular complexity index is 1040. The van der Waals surface area contributed by atoms with Gasteiger partial charge in [0.05, 0.1) is 0 Å². The molecule has 31 heavy (non-hydrogen) atoms. The normalized spacial score (nSPS) is 12.1. The Balaban J connectivity index is 1.68. The van der Waals surface area contributed by atoms with Crippen LogP contribution in [-0.2, 0) is 6.61 Å². The summed E-state index contributed by atoms with van der Waals surface area (Å²) in [5, 5.41) is 8.71. The third kappa shape index (κ3) is 6.34. The number of benzene rings is 2. The fraction of sp³-hybridized carbons (Fsp3) is 0.227. The van der Waals surface area contributed by atoms with Crippen molar-refractivity contribution in [1.82, 2.24) is 10.5 Å². The van der Waals surface area contributed by atoms with Crippen molar-refractivity contribution >= 4 is 5.57 Å². The Morgan fingerprint density at radius 1 is 1.16 bits per heavy atom. The molecule has 6 nitrogen and oxygen atoms in total. The van der Waals surface area contributed by atoms with Crippen molar-refractivity contribution in [3.8, 4) is 23.0 Å². The molecular formula is C22H21F3N2O4. The van der Waals surface area contributed by atoms with Crippen molar-refractivity contribution < 1.29 is 32.3 Å². The number of hydrogen-bond acceptors (Lipinski definition) is 6. The largest absolute Gasteiger partial charge is 0.573 e. The fourth-order valence-corrected chi connectivity index (χ4v) is 2.78. The molecule has 3 aromatic rings. The number of nitrogens with one attached hydrogen (secondary N) is 1. The average Bonchev–Trinajstić information content (AvgIpc) is 3.10. The molecule has 0 amide bonds. The van der Waals surface area contributed by atoms with E-state index in [-0.39, 0.29) is 18.2 Å². The first-order valence-electron chi connectivity index (χ1n) is 9.34. The lowest BCUT2D eigenvalue weighted by Gasteiger charge is -2.08. The van der Waals surface area contributed by atoms with Gasteiger partial charge in [0.1, 0.15) is 29.6 Å². The van der Waals surface area contributed by atoms with Gasteiger partial charge in [0, 0.05) is 12.1 Å². The van der Waals surface area contributed by atoms with Crippen molar-refractivity contribution in [3.05, 3.63) is 71.6 Å². The number of hydrogen-bond donors (Lipinski definition) is 2. The summed E-state index contributed by atoms with van der Waals surface area (Å²) >= 11 is 0. The number of aromatic nitrogens is 1. The van der Waals surface area contributed by atoms with Gasteiger partial charge in [-0.3, -0.25) is 0 Å². The molecule has 0 bridgehead atoms. The molecule has 0 fully saturated rings. The Labute approximate surface area is 176 Å². The number of nitrogens with zero attached hydrogens (tertiary/aromatic N) is 1. The van der Waals surface area contributed by atoms with Crippen LogP contribution in [0.2, 0.25) is 0 Å². The van der Waals surface area contributed by atoms with E-state index in [2.05, 4.69) is 15.2 Å².